The van der Waals surface area contributed by atoms with Gasteiger partial charge in [-0.1, -0.05) is 19.3 Å². The fraction of sp³-hybridized carbons (Fsp3) is 0.562. The fourth-order valence-corrected chi connectivity index (χ4v) is 2.76. The zero-order valence-corrected chi connectivity index (χ0v) is 12.1. The highest BCUT2D eigenvalue weighted by Crippen LogP contribution is 2.26. The van der Waals surface area contributed by atoms with E-state index in [9.17, 15) is 4.79 Å². The molecule has 1 aromatic carbocycles. The van der Waals surface area contributed by atoms with Gasteiger partial charge in [-0.05, 0) is 49.9 Å². The van der Waals surface area contributed by atoms with Gasteiger partial charge in [0.15, 0.2) is 6.61 Å². The Bertz CT molecular complexity index is 425. The van der Waals surface area contributed by atoms with Gasteiger partial charge in [0, 0.05) is 11.7 Å². The summed E-state index contributed by atoms with van der Waals surface area (Å²) in [6.07, 6.45) is 6.34. The molecule has 20 heavy (non-hydrogen) atoms. The third kappa shape index (κ3) is 4.44. The van der Waals surface area contributed by atoms with E-state index in [0.29, 0.717) is 17.4 Å². The van der Waals surface area contributed by atoms with Crippen molar-refractivity contribution in [2.45, 2.75) is 45.1 Å². The van der Waals surface area contributed by atoms with Crippen LogP contribution in [0.5, 0.6) is 5.75 Å². The first kappa shape index (κ1) is 14.7. The lowest BCUT2D eigenvalue weighted by atomic mass is 9.84. The molecule has 0 aromatic heterocycles. The van der Waals surface area contributed by atoms with Crippen LogP contribution in [-0.2, 0) is 4.79 Å². The van der Waals surface area contributed by atoms with Gasteiger partial charge < -0.3 is 15.8 Å². The molecule has 1 fully saturated rings. The van der Waals surface area contributed by atoms with Crippen molar-refractivity contribution >= 4 is 11.6 Å². The normalized spacial score (nSPS) is 17.4. The van der Waals surface area contributed by atoms with Gasteiger partial charge in [0.25, 0.3) is 5.91 Å². The molecule has 4 nitrogen and oxygen atoms in total. The molecule has 110 valence electrons. The summed E-state index contributed by atoms with van der Waals surface area (Å²) in [5, 5.41) is 3.04. The number of benzene rings is 1. The number of amides is 1. The van der Waals surface area contributed by atoms with Crippen molar-refractivity contribution in [1.29, 1.82) is 0 Å². The van der Waals surface area contributed by atoms with Crippen LogP contribution < -0.4 is 15.8 Å². The molecule has 3 N–H and O–H groups in total. The molecule has 2 rings (SSSR count). The zero-order valence-electron chi connectivity index (χ0n) is 12.1. The van der Waals surface area contributed by atoms with E-state index in [-0.39, 0.29) is 18.6 Å². The van der Waals surface area contributed by atoms with Gasteiger partial charge in [-0.15, -0.1) is 0 Å². The van der Waals surface area contributed by atoms with Crippen LogP contribution in [0.3, 0.4) is 0 Å². The lowest BCUT2D eigenvalue weighted by Gasteiger charge is -2.28. The van der Waals surface area contributed by atoms with E-state index in [1.807, 2.05) is 0 Å². The summed E-state index contributed by atoms with van der Waals surface area (Å²) in [4.78, 5) is 11.9. The van der Waals surface area contributed by atoms with E-state index in [0.717, 1.165) is 0 Å². The zero-order chi connectivity index (χ0) is 14.4. The third-order valence-electron chi connectivity index (χ3n) is 4.00. The van der Waals surface area contributed by atoms with Crippen molar-refractivity contribution in [3.8, 4) is 5.75 Å². The molecule has 0 radical (unpaired) electrons. The number of ether oxygens (including phenoxy) is 1. The molecule has 0 bridgehead atoms. The summed E-state index contributed by atoms with van der Waals surface area (Å²) in [5.41, 5.74) is 6.28. The molecule has 1 atom stereocenters. The van der Waals surface area contributed by atoms with Crippen molar-refractivity contribution in [3.63, 3.8) is 0 Å². The average molecular weight is 276 g/mol. The standard InChI is InChI=1S/C16H24N2O2/c1-12(13-5-3-2-4-6-13)18-16(19)11-20-15-9-7-14(17)8-10-15/h7-10,12-13H,2-6,11,17H2,1H3,(H,18,19). The monoisotopic (exact) mass is 276 g/mol. The quantitative estimate of drug-likeness (QED) is 0.813. The molecule has 1 aromatic rings. The second-order valence-corrected chi connectivity index (χ2v) is 5.61. The highest BCUT2D eigenvalue weighted by Gasteiger charge is 2.21. The van der Waals surface area contributed by atoms with Crippen LogP contribution in [0, 0.1) is 5.92 Å². The van der Waals surface area contributed by atoms with E-state index in [1.165, 1.54) is 32.1 Å². The molecule has 0 spiro atoms. The smallest absolute Gasteiger partial charge is 0.258 e. The van der Waals surface area contributed by atoms with Crippen molar-refractivity contribution in [2.75, 3.05) is 12.3 Å². The van der Waals surface area contributed by atoms with Gasteiger partial charge in [-0.25, -0.2) is 0 Å². The Hall–Kier alpha value is -1.71. The number of hydrogen-bond donors (Lipinski definition) is 2. The van der Waals surface area contributed by atoms with E-state index < -0.39 is 0 Å². The Morgan fingerprint density at radius 2 is 1.95 bits per heavy atom. The molecule has 1 unspecified atom stereocenters. The minimum Gasteiger partial charge on any atom is -0.484 e. The number of nitrogen functional groups attached to an aromatic ring is 1. The lowest BCUT2D eigenvalue weighted by Crippen LogP contribution is -2.41. The van der Waals surface area contributed by atoms with Crippen LogP contribution in [-0.4, -0.2) is 18.6 Å². The SMILES string of the molecule is CC(NC(=O)COc1ccc(N)cc1)C1CCCCC1. The Morgan fingerprint density at radius 1 is 1.30 bits per heavy atom. The van der Waals surface area contributed by atoms with Crippen LogP contribution in [0.2, 0.25) is 0 Å². The molecule has 4 heteroatoms. The summed E-state index contributed by atoms with van der Waals surface area (Å²) in [6.45, 7) is 2.15. The Labute approximate surface area is 120 Å². The van der Waals surface area contributed by atoms with Crippen molar-refractivity contribution < 1.29 is 9.53 Å². The maximum Gasteiger partial charge on any atom is 0.258 e. The molecule has 1 amide bonds. The minimum absolute atomic E-state index is 0.0556. The topological polar surface area (TPSA) is 64.3 Å². The van der Waals surface area contributed by atoms with Gasteiger partial charge in [0.2, 0.25) is 0 Å². The Morgan fingerprint density at radius 3 is 2.60 bits per heavy atom. The third-order valence-corrected chi connectivity index (χ3v) is 4.00. The molecule has 0 saturated heterocycles. The predicted molar refractivity (Wildman–Crippen MR) is 80.5 cm³/mol. The van der Waals surface area contributed by atoms with E-state index >= 15 is 0 Å². The largest absolute Gasteiger partial charge is 0.484 e. The van der Waals surface area contributed by atoms with Crippen LogP contribution >= 0.6 is 0 Å². The van der Waals surface area contributed by atoms with Crippen molar-refractivity contribution in [3.05, 3.63) is 24.3 Å². The minimum atomic E-state index is -0.0556. The number of hydrogen-bond acceptors (Lipinski definition) is 3. The number of carbonyl (C=O) groups excluding carboxylic acids is 1. The first-order chi connectivity index (χ1) is 9.65. The van der Waals surface area contributed by atoms with Crippen LogP contribution in [0.4, 0.5) is 5.69 Å². The van der Waals surface area contributed by atoms with Crippen LogP contribution in [0.15, 0.2) is 24.3 Å². The van der Waals surface area contributed by atoms with Gasteiger partial charge in [0.1, 0.15) is 5.75 Å². The first-order valence-corrected chi connectivity index (χ1v) is 7.43. The van der Waals surface area contributed by atoms with E-state index in [4.69, 9.17) is 10.5 Å². The van der Waals surface area contributed by atoms with E-state index in [1.54, 1.807) is 24.3 Å². The average Bonchev–Trinajstić information content (AvgIpc) is 2.47. The van der Waals surface area contributed by atoms with Gasteiger partial charge in [-0.2, -0.15) is 0 Å². The maximum absolute atomic E-state index is 11.9. The molecular weight excluding hydrogens is 252 g/mol. The van der Waals surface area contributed by atoms with Gasteiger partial charge in [-0.3, -0.25) is 4.79 Å². The summed E-state index contributed by atoms with van der Waals surface area (Å²) in [6, 6.07) is 7.30. The molecular formula is C16H24N2O2. The van der Waals surface area contributed by atoms with E-state index in [2.05, 4.69) is 12.2 Å². The Kier molecular flexibility index (Phi) is 5.27. The molecule has 1 saturated carbocycles. The maximum atomic E-state index is 11.9. The predicted octanol–water partition coefficient (Wildman–Crippen LogP) is 2.73. The number of rotatable bonds is 5. The van der Waals surface area contributed by atoms with Gasteiger partial charge in [0.05, 0.1) is 0 Å². The number of nitrogens with one attached hydrogen (secondary N) is 1. The van der Waals surface area contributed by atoms with Gasteiger partial charge >= 0.3 is 0 Å². The lowest BCUT2D eigenvalue weighted by molar-refractivity contribution is -0.124. The number of anilines is 1. The number of nitrogens with two attached hydrogens (primary N) is 1. The van der Waals surface area contributed by atoms with Crippen molar-refractivity contribution in [2.24, 2.45) is 5.92 Å². The molecule has 0 heterocycles. The first-order valence-electron chi connectivity index (χ1n) is 7.43. The molecule has 0 aliphatic heterocycles. The molecule has 1 aliphatic rings. The Balaban J connectivity index is 1.73. The second-order valence-electron chi connectivity index (χ2n) is 5.61. The summed E-state index contributed by atoms with van der Waals surface area (Å²) in [5.74, 6) is 1.23. The highest BCUT2D eigenvalue weighted by atomic mass is 16.5. The summed E-state index contributed by atoms with van der Waals surface area (Å²) < 4.78 is 5.44. The highest BCUT2D eigenvalue weighted by molar-refractivity contribution is 5.77. The second kappa shape index (κ2) is 7.17. The van der Waals surface area contributed by atoms with Crippen molar-refractivity contribution in [1.82, 2.24) is 5.32 Å². The number of carbonyl (C=O) groups is 1. The van der Waals surface area contributed by atoms with Crippen LogP contribution in [0.1, 0.15) is 39.0 Å². The summed E-state index contributed by atoms with van der Waals surface area (Å²) >= 11 is 0. The fourth-order valence-electron chi connectivity index (χ4n) is 2.76. The van der Waals surface area contributed by atoms with Crippen LogP contribution in [0.25, 0.3) is 0 Å². The summed E-state index contributed by atoms with van der Waals surface area (Å²) in [7, 11) is 0. The molecule has 1 aliphatic carbocycles.